The summed E-state index contributed by atoms with van der Waals surface area (Å²) in [6.07, 6.45) is 2.86. The summed E-state index contributed by atoms with van der Waals surface area (Å²) in [6.45, 7) is 3.08. The van der Waals surface area contributed by atoms with Crippen molar-refractivity contribution < 1.29 is 5.11 Å². The van der Waals surface area contributed by atoms with Gasteiger partial charge in [-0.1, -0.05) is 0 Å². The molecule has 2 heterocycles. The predicted octanol–water partition coefficient (Wildman–Crippen LogP) is 3.28. The third-order valence-corrected chi connectivity index (χ3v) is 4.35. The molecular weight excluding hydrogens is 230 g/mol. The zero-order chi connectivity index (χ0) is 11.8. The lowest BCUT2D eigenvalue weighted by molar-refractivity contribution is 0.156. The Balaban J connectivity index is 1.99. The van der Waals surface area contributed by atoms with E-state index in [-0.39, 0.29) is 6.10 Å². The molecule has 17 heavy (non-hydrogen) atoms. The van der Waals surface area contributed by atoms with Gasteiger partial charge < -0.3 is 9.67 Å². The highest BCUT2D eigenvalue weighted by Crippen LogP contribution is 2.32. The topological polar surface area (TPSA) is 25.2 Å². The first-order chi connectivity index (χ1) is 8.25. The van der Waals surface area contributed by atoms with Gasteiger partial charge in [0.15, 0.2) is 0 Å². The summed E-state index contributed by atoms with van der Waals surface area (Å²) in [5.41, 5.74) is 5.12. The van der Waals surface area contributed by atoms with E-state index in [1.54, 1.807) is 11.3 Å². The van der Waals surface area contributed by atoms with Crippen molar-refractivity contribution in [3.8, 4) is 0 Å². The van der Waals surface area contributed by atoms with E-state index in [9.17, 15) is 5.11 Å². The van der Waals surface area contributed by atoms with Gasteiger partial charge in [0.1, 0.15) is 0 Å². The minimum atomic E-state index is -0.249. The molecule has 0 fully saturated rings. The number of aryl methyl sites for hydroxylation is 1. The van der Waals surface area contributed by atoms with E-state index < -0.39 is 0 Å². The summed E-state index contributed by atoms with van der Waals surface area (Å²) in [6, 6.07) is 4.33. The molecule has 1 aliphatic rings. The first-order valence-electron chi connectivity index (χ1n) is 6.14. The molecule has 0 saturated carbocycles. The first-order valence-corrected chi connectivity index (χ1v) is 7.08. The Morgan fingerprint density at radius 2 is 2.41 bits per heavy atom. The average Bonchev–Trinajstić information content (AvgIpc) is 2.91. The molecule has 3 heteroatoms. The average molecular weight is 247 g/mol. The normalized spacial score (nSPS) is 19.3. The maximum absolute atomic E-state index is 10.0. The second-order valence-electron chi connectivity index (χ2n) is 4.81. The van der Waals surface area contributed by atoms with Crippen LogP contribution >= 0.6 is 11.3 Å². The highest BCUT2D eigenvalue weighted by molar-refractivity contribution is 7.07. The van der Waals surface area contributed by atoms with Gasteiger partial charge in [0, 0.05) is 23.5 Å². The third-order valence-electron chi connectivity index (χ3n) is 3.62. The van der Waals surface area contributed by atoms with Crippen LogP contribution in [0.4, 0.5) is 0 Å². The quantitative estimate of drug-likeness (QED) is 0.865. The summed E-state index contributed by atoms with van der Waals surface area (Å²) in [5, 5.41) is 14.3. The van der Waals surface area contributed by atoms with Gasteiger partial charge in [0.05, 0.1) is 6.10 Å². The molecule has 2 nitrogen and oxygen atoms in total. The van der Waals surface area contributed by atoms with E-state index in [4.69, 9.17) is 0 Å². The third kappa shape index (κ3) is 1.94. The summed E-state index contributed by atoms with van der Waals surface area (Å²) in [7, 11) is 0. The van der Waals surface area contributed by atoms with Crippen molar-refractivity contribution in [2.24, 2.45) is 0 Å². The van der Waals surface area contributed by atoms with Gasteiger partial charge in [-0.3, -0.25) is 0 Å². The lowest BCUT2D eigenvalue weighted by Crippen LogP contribution is -2.12. The van der Waals surface area contributed by atoms with Crippen LogP contribution in [0.5, 0.6) is 0 Å². The van der Waals surface area contributed by atoms with Gasteiger partial charge in [-0.25, -0.2) is 0 Å². The first kappa shape index (κ1) is 11.1. The fraction of sp³-hybridized carbons (Fsp3) is 0.429. The van der Waals surface area contributed by atoms with Crippen LogP contribution in [0.25, 0.3) is 0 Å². The Hall–Kier alpha value is -1.06. The van der Waals surface area contributed by atoms with Crippen molar-refractivity contribution in [3.05, 3.63) is 45.4 Å². The molecule has 3 rings (SSSR count). The lowest BCUT2D eigenvalue weighted by Gasteiger charge is -2.20. The second kappa shape index (κ2) is 4.31. The Morgan fingerprint density at radius 1 is 1.53 bits per heavy atom. The lowest BCUT2D eigenvalue weighted by atomic mass is 9.95. The van der Waals surface area contributed by atoms with E-state index >= 15 is 0 Å². The van der Waals surface area contributed by atoms with Crippen LogP contribution < -0.4 is 0 Å². The van der Waals surface area contributed by atoms with Gasteiger partial charge in [-0.05, 0) is 54.6 Å². The number of nitrogens with zero attached hydrogens (tertiary/aromatic N) is 1. The number of thiophene rings is 1. The molecule has 0 bridgehead atoms. The number of fused-ring (bicyclic) bond motifs is 1. The maximum atomic E-state index is 10.0. The standard InChI is InChI=1S/C14H17NOS/c1-10-7-12-13(3-2-4-14(12)16)15(10)8-11-5-6-17-9-11/h5-7,9,14,16H,2-4,8H2,1H3. The van der Waals surface area contributed by atoms with E-state index in [2.05, 4.69) is 34.4 Å². The van der Waals surface area contributed by atoms with Gasteiger partial charge in [0.2, 0.25) is 0 Å². The van der Waals surface area contributed by atoms with Crippen molar-refractivity contribution in [3.63, 3.8) is 0 Å². The molecule has 0 aromatic carbocycles. The summed E-state index contributed by atoms with van der Waals surface area (Å²) >= 11 is 1.74. The number of rotatable bonds is 2. The Labute approximate surface area is 106 Å². The molecule has 0 aliphatic heterocycles. The molecule has 0 saturated heterocycles. The van der Waals surface area contributed by atoms with Crippen LogP contribution in [-0.2, 0) is 13.0 Å². The van der Waals surface area contributed by atoms with Crippen molar-refractivity contribution >= 4 is 11.3 Å². The monoisotopic (exact) mass is 247 g/mol. The van der Waals surface area contributed by atoms with Crippen LogP contribution in [0.15, 0.2) is 22.9 Å². The Bertz CT molecular complexity index is 513. The SMILES string of the molecule is Cc1cc2c(n1Cc1ccsc1)CCCC2O. The minimum Gasteiger partial charge on any atom is -0.388 e. The molecule has 90 valence electrons. The molecule has 1 unspecified atom stereocenters. The van der Waals surface area contributed by atoms with Gasteiger partial charge in [-0.15, -0.1) is 0 Å². The molecule has 1 atom stereocenters. The van der Waals surface area contributed by atoms with E-state index in [0.29, 0.717) is 0 Å². The Kier molecular flexibility index (Phi) is 2.81. The maximum Gasteiger partial charge on any atom is 0.0807 e. The van der Waals surface area contributed by atoms with Crippen molar-refractivity contribution in [2.45, 2.75) is 38.8 Å². The molecule has 2 aromatic heterocycles. The number of aromatic nitrogens is 1. The summed E-state index contributed by atoms with van der Waals surface area (Å²) in [5.74, 6) is 0. The van der Waals surface area contributed by atoms with Crippen LogP contribution in [0, 0.1) is 6.92 Å². The van der Waals surface area contributed by atoms with E-state index in [0.717, 1.165) is 31.4 Å². The van der Waals surface area contributed by atoms with E-state index in [1.807, 2.05) is 0 Å². The fourth-order valence-corrected chi connectivity index (χ4v) is 3.39. The van der Waals surface area contributed by atoms with Crippen LogP contribution in [0.2, 0.25) is 0 Å². The van der Waals surface area contributed by atoms with E-state index in [1.165, 1.54) is 17.0 Å². The molecule has 2 aromatic rings. The second-order valence-corrected chi connectivity index (χ2v) is 5.59. The molecule has 0 amide bonds. The van der Waals surface area contributed by atoms with Crippen LogP contribution in [0.1, 0.15) is 41.5 Å². The highest BCUT2D eigenvalue weighted by atomic mass is 32.1. The van der Waals surface area contributed by atoms with Crippen molar-refractivity contribution in [2.75, 3.05) is 0 Å². The zero-order valence-electron chi connectivity index (χ0n) is 10.0. The molecular formula is C14H17NOS. The molecule has 0 radical (unpaired) electrons. The van der Waals surface area contributed by atoms with Gasteiger partial charge in [-0.2, -0.15) is 11.3 Å². The summed E-state index contributed by atoms with van der Waals surface area (Å²) in [4.78, 5) is 0. The van der Waals surface area contributed by atoms with Crippen molar-refractivity contribution in [1.82, 2.24) is 4.57 Å². The summed E-state index contributed by atoms with van der Waals surface area (Å²) < 4.78 is 2.36. The largest absolute Gasteiger partial charge is 0.388 e. The van der Waals surface area contributed by atoms with Crippen LogP contribution in [0.3, 0.4) is 0 Å². The number of aliphatic hydroxyl groups is 1. The van der Waals surface area contributed by atoms with Crippen molar-refractivity contribution in [1.29, 1.82) is 0 Å². The molecule has 0 spiro atoms. The number of hydrogen-bond donors (Lipinski definition) is 1. The Morgan fingerprint density at radius 3 is 3.18 bits per heavy atom. The molecule has 1 N–H and O–H groups in total. The van der Waals surface area contributed by atoms with Gasteiger partial charge in [0.25, 0.3) is 0 Å². The zero-order valence-corrected chi connectivity index (χ0v) is 10.8. The predicted molar refractivity (Wildman–Crippen MR) is 70.5 cm³/mol. The minimum absolute atomic E-state index is 0.249. The highest BCUT2D eigenvalue weighted by Gasteiger charge is 2.22. The van der Waals surface area contributed by atoms with Gasteiger partial charge >= 0.3 is 0 Å². The number of hydrogen-bond acceptors (Lipinski definition) is 2. The fourth-order valence-electron chi connectivity index (χ4n) is 2.73. The van der Waals surface area contributed by atoms with Crippen LogP contribution in [-0.4, -0.2) is 9.67 Å². The smallest absolute Gasteiger partial charge is 0.0807 e. The molecule has 1 aliphatic carbocycles. The number of aliphatic hydroxyl groups excluding tert-OH is 1.